The highest BCUT2D eigenvalue weighted by molar-refractivity contribution is 6.30. The van der Waals surface area contributed by atoms with Gasteiger partial charge >= 0.3 is 5.97 Å². The molecule has 2 saturated carbocycles. The van der Waals surface area contributed by atoms with Crippen LogP contribution >= 0.6 is 11.6 Å². The Morgan fingerprint density at radius 3 is 2.50 bits per heavy atom. The lowest BCUT2D eigenvalue weighted by Gasteiger charge is -2.40. The third kappa shape index (κ3) is 6.04. The number of rotatable bonds is 10. The molecule has 2 amide bonds. The number of hydrogen-bond acceptors (Lipinski definition) is 8. The molecule has 4 aromatic rings. The Morgan fingerprint density at radius 1 is 1.11 bits per heavy atom. The second kappa shape index (κ2) is 12.9. The molecule has 46 heavy (non-hydrogen) atoms. The molecule has 2 aliphatic rings. The fourth-order valence-electron chi connectivity index (χ4n) is 6.35. The molecule has 0 bridgehead atoms. The Bertz CT molecular complexity index is 1840. The number of aliphatic carboxylic acids is 1. The maximum atomic E-state index is 13.7. The summed E-state index contributed by atoms with van der Waals surface area (Å²) in [5.41, 5.74) is 2.52. The van der Waals surface area contributed by atoms with Gasteiger partial charge in [0, 0.05) is 42.0 Å². The van der Waals surface area contributed by atoms with Crippen molar-refractivity contribution in [1.29, 1.82) is 0 Å². The first-order valence-electron chi connectivity index (χ1n) is 15.3. The van der Waals surface area contributed by atoms with Crippen LogP contribution in [0.3, 0.4) is 0 Å². The molecule has 6 rings (SSSR count). The van der Waals surface area contributed by atoms with E-state index in [2.05, 4.69) is 30.6 Å². The zero-order valence-electron chi connectivity index (χ0n) is 25.5. The minimum absolute atomic E-state index is 0.0840. The molecule has 3 aromatic heterocycles. The highest BCUT2D eigenvalue weighted by Crippen LogP contribution is 2.44. The van der Waals surface area contributed by atoms with Crippen LogP contribution in [0.4, 0.5) is 5.82 Å². The number of hydrogen-bond donors (Lipinski definition) is 3. The summed E-state index contributed by atoms with van der Waals surface area (Å²) in [5.74, 6) is -0.747. The number of carbonyl (C=O) groups is 3. The Kier molecular flexibility index (Phi) is 8.72. The van der Waals surface area contributed by atoms with Crippen LogP contribution in [0, 0.1) is 0 Å². The molecule has 0 unspecified atom stereocenters. The monoisotopic (exact) mass is 643 g/mol. The van der Waals surface area contributed by atoms with Crippen LogP contribution in [-0.2, 0) is 16.6 Å². The number of benzene rings is 1. The summed E-state index contributed by atoms with van der Waals surface area (Å²) >= 11 is 6.09. The average molecular weight is 644 g/mol. The van der Waals surface area contributed by atoms with Crippen molar-refractivity contribution >= 4 is 52.2 Å². The molecule has 1 aromatic carbocycles. The van der Waals surface area contributed by atoms with Crippen LogP contribution in [0.1, 0.15) is 79.4 Å². The third-order valence-corrected chi connectivity index (χ3v) is 8.96. The van der Waals surface area contributed by atoms with E-state index in [0.29, 0.717) is 35.2 Å². The number of fused-ring (bicyclic) bond motifs is 1. The number of halogens is 1. The number of aryl methyl sites for hydroxylation is 1. The minimum Gasteiger partial charge on any atom is -0.478 e. The van der Waals surface area contributed by atoms with Crippen LogP contribution in [-0.4, -0.2) is 59.5 Å². The second-order valence-corrected chi connectivity index (χ2v) is 12.1. The smallest absolute Gasteiger partial charge is 0.328 e. The standard InChI is InChI=1S/C33H34ClN7O5/c1-3-46-31-23(11-12-26(42)43)35-18-25(38-31)39-32(45)33(13-6-14-33)40-30(44)20-9-10-22-24(15-20)41(2)28(27(22)19-7-4-5-8-19)29-36-16-21(34)17-37-29/h9-12,15-19H,3-8,13-14H2,1-2H3,(H,40,44)(H,42,43)(H,38,39,45)/b12-11+. The van der Waals surface area contributed by atoms with Crippen molar-refractivity contribution in [2.45, 2.75) is 63.3 Å². The highest BCUT2D eigenvalue weighted by atomic mass is 35.5. The van der Waals surface area contributed by atoms with E-state index in [-0.39, 0.29) is 29.9 Å². The predicted octanol–water partition coefficient (Wildman–Crippen LogP) is 5.52. The first kappa shape index (κ1) is 31.2. The van der Waals surface area contributed by atoms with Gasteiger partial charge in [0.25, 0.3) is 11.8 Å². The summed E-state index contributed by atoms with van der Waals surface area (Å²) in [7, 11) is 1.96. The maximum absolute atomic E-state index is 13.7. The molecule has 2 aliphatic carbocycles. The Hall–Kier alpha value is -4.84. The molecule has 3 N–H and O–H groups in total. The van der Waals surface area contributed by atoms with Gasteiger partial charge in [-0.15, -0.1) is 0 Å². The molecule has 0 saturated heterocycles. The Morgan fingerprint density at radius 2 is 1.85 bits per heavy atom. The van der Waals surface area contributed by atoms with Gasteiger partial charge in [0.05, 0.1) is 23.5 Å². The van der Waals surface area contributed by atoms with Crippen molar-refractivity contribution in [3.8, 4) is 17.4 Å². The van der Waals surface area contributed by atoms with Gasteiger partial charge in [-0.1, -0.05) is 30.5 Å². The van der Waals surface area contributed by atoms with Crippen molar-refractivity contribution in [3.63, 3.8) is 0 Å². The van der Waals surface area contributed by atoms with E-state index in [1.54, 1.807) is 25.4 Å². The van der Waals surface area contributed by atoms with Crippen LogP contribution in [0.2, 0.25) is 5.02 Å². The van der Waals surface area contributed by atoms with E-state index >= 15 is 0 Å². The van der Waals surface area contributed by atoms with Crippen LogP contribution in [0.15, 0.2) is 42.9 Å². The van der Waals surface area contributed by atoms with E-state index < -0.39 is 17.4 Å². The number of carboxylic acid groups (broad SMARTS) is 1. The maximum Gasteiger partial charge on any atom is 0.328 e. The second-order valence-electron chi connectivity index (χ2n) is 11.7. The predicted molar refractivity (Wildman–Crippen MR) is 173 cm³/mol. The number of anilines is 1. The number of aromatic nitrogens is 5. The van der Waals surface area contributed by atoms with Gasteiger partial charge in [-0.3, -0.25) is 9.59 Å². The molecule has 0 spiro atoms. The van der Waals surface area contributed by atoms with Gasteiger partial charge in [-0.05, 0) is 68.7 Å². The zero-order chi connectivity index (χ0) is 32.4. The number of ether oxygens (including phenoxy) is 1. The molecule has 2 fully saturated rings. The number of amides is 2. The van der Waals surface area contributed by atoms with Crippen LogP contribution in [0.5, 0.6) is 5.88 Å². The Labute approximate surface area is 270 Å². The lowest BCUT2D eigenvalue weighted by atomic mass is 9.75. The molecular formula is C33H34ClN7O5. The molecule has 3 heterocycles. The molecule has 13 heteroatoms. The number of carboxylic acids is 1. The summed E-state index contributed by atoms with van der Waals surface area (Å²) in [4.78, 5) is 55.7. The van der Waals surface area contributed by atoms with Crippen molar-refractivity contribution in [2.24, 2.45) is 7.05 Å². The molecule has 0 atom stereocenters. The Balaban J connectivity index is 1.26. The van der Waals surface area contributed by atoms with Gasteiger partial charge in [0.1, 0.15) is 11.2 Å². The van der Waals surface area contributed by atoms with E-state index in [4.69, 9.17) is 21.4 Å². The van der Waals surface area contributed by atoms with Gasteiger partial charge in [0.2, 0.25) is 5.88 Å². The quantitative estimate of drug-likeness (QED) is 0.189. The van der Waals surface area contributed by atoms with E-state index in [0.717, 1.165) is 54.8 Å². The summed E-state index contributed by atoms with van der Waals surface area (Å²) in [6.45, 7) is 2.02. The normalized spacial score (nSPS) is 16.0. The van der Waals surface area contributed by atoms with E-state index in [1.807, 2.05) is 23.7 Å². The molecular weight excluding hydrogens is 610 g/mol. The van der Waals surface area contributed by atoms with Crippen molar-refractivity contribution < 1.29 is 24.2 Å². The van der Waals surface area contributed by atoms with Crippen LogP contribution in [0.25, 0.3) is 28.5 Å². The van der Waals surface area contributed by atoms with Gasteiger partial charge in [-0.25, -0.2) is 19.7 Å². The lowest BCUT2D eigenvalue weighted by Crippen LogP contribution is -2.61. The fourth-order valence-corrected chi connectivity index (χ4v) is 6.45. The highest BCUT2D eigenvalue weighted by Gasteiger charge is 2.46. The first-order chi connectivity index (χ1) is 22.2. The van der Waals surface area contributed by atoms with Crippen LogP contribution < -0.4 is 15.4 Å². The number of carbonyl (C=O) groups excluding carboxylic acids is 2. The zero-order valence-corrected chi connectivity index (χ0v) is 26.3. The SMILES string of the molecule is CCOc1nc(NC(=O)C2(NC(=O)c3ccc4c(C5CCCC5)c(-c5ncc(Cl)cn5)n(C)c4c3)CCC2)cnc1/C=C/C(=O)O. The van der Waals surface area contributed by atoms with E-state index in [9.17, 15) is 14.4 Å². The molecule has 0 radical (unpaired) electrons. The molecule has 238 valence electrons. The van der Waals surface area contributed by atoms with Gasteiger partial charge in [-0.2, -0.15) is 4.98 Å². The van der Waals surface area contributed by atoms with Gasteiger partial charge < -0.3 is 25.0 Å². The van der Waals surface area contributed by atoms with Gasteiger partial charge in [0.15, 0.2) is 11.6 Å². The third-order valence-electron chi connectivity index (χ3n) is 8.77. The topological polar surface area (TPSA) is 161 Å². The van der Waals surface area contributed by atoms with Crippen molar-refractivity contribution in [2.75, 3.05) is 11.9 Å². The summed E-state index contributed by atoms with van der Waals surface area (Å²) in [6.07, 6.45) is 12.9. The fraction of sp³-hybridized carbons (Fsp3) is 0.364. The largest absolute Gasteiger partial charge is 0.478 e. The first-order valence-corrected chi connectivity index (χ1v) is 15.7. The molecule has 12 nitrogen and oxygen atoms in total. The summed E-state index contributed by atoms with van der Waals surface area (Å²) < 4.78 is 7.55. The minimum atomic E-state index is -1.14. The lowest BCUT2D eigenvalue weighted by molar-refractivity contribution is -0.131. The number of nitrogens with zero attached hydrogens (tertiary/aromatic N) is 5. The molecule has 0 aliphatic heterocycles. The van der Waals surface area contributed by atoms with E-state index in [1.165, 1.54) is 17.8 Å². The average Bonchev–Trinajstić information content (AvgIpc) is 3.65. The summed E-state index contributed by atoms with van der Waals surface area (Å²) in [6, 6.07) is 5.64. The summed E-state index contributed by atoms with van der Waals surface area (Å²) in [5, 5.41) is 16.2. The van der Waals surface area contributed by atoms with Crippen molar-refractivity contribution in [3.05, 3.63) is 64.7 Å². The number of nitrogens with one attached hydrogen (secondary N) is 2. The van der Waals surface area contributed by atoms with Crippen molar-refractivity contribution in [1.82, 2.24) is 29.8 Å².